The first-order valence-corrected chi connectivity index (χ1v) is 17.6. The Morgan fingerprint density at radius 1 is 0.471 bits per heavy atom. The van der Waals surface area contributed by atoms with Gasteiger partial charge in [0.2, 0.25) is 0 Å². The molecule has 11 aromatic rings. The van der Waals surface area contributed by atoms with Crippen molar-refractivity contribution in [3.8, 4) is 17.1 Å². The molecule has 3 heterocycles. The van der Waals surface area contributed by atoms with Gasteiger partial charge in [-0.05, 0) is 79.8 Å². The van der Waals surface area contributed by atoms with E-state index < -0.39 is 0 Å². The van der Waals surface area contributed by atoms with Crippen molar-refractivity contribution in [2.75, 3.05) is 0 Å². The molecule has 0 aliphatic heterocycles. The molecule has 12 rings (SSSR count). The lowest BCUT2D eigenvalue weighted by Gasteiger charge is -2.22. The van der Waals surface area contributed by atoms with Crippen molar-refractivity contribution < 1.29 is 4.42 Å². The summed E-state index contributed by atoms with van der Waals surface area (Å²) in [6.45, 7) is 4.75. The van der Waals surface area contributed by atoms with Crippen LogP contribution in [0.15, 0.2) is 144 Å². The molecule has 0 radical (unpaired) electrons. The van der Waals surface area contributed by atoms with Gasteiger partial charge in [-0.25, -0.2) is 9.97 Å². The average Bonchev–Trinajstić information content (AvgIpc) is 3.79. The lowest BCUT2D eigenvalue weighted by atomic mass is 9.81. The molecule has 0 amide bonds. The van der Waals surface area contributed by atoms with Crippen molar-refractivity contribution in [1.29, 1.82) is 0 Å². The van der Waals surface area contributed by atoms with Crippen LogP contribution in [-0.4, -0.2) is 14.5 Å². The quantitative estimate of drug-likeness (QED) is 0.187. The summed E-state index contributed by atoms with van der Waals surface area (Å²) in [7, 11) is 0. The van der Waals surface area contributed by atoms with Gasteiger partial charge < -0.3 is 4.42 Å². The maximum atomic E-state index is 6.63. The highest BCUT2D eigenvalue weighted by molar-refractivity contribution is 6.35. The normalized spacial score (nSPS) is 13.8. The number of para-hydroxylation sites is 4. The predicted molar refractivity (Wildman–Crippen MR) is 211 cm³/mol. The maximum absolute atomic E-state index is 6.63. The monoisotopic (exact) mass is 651 g/mol. The molecule has 0 saturated carbocycles. The van der Waals surface area contributed by atoms with E-state index in [1.165, 1.54) is 54.2 Å². The number of hydrogen-bond acceptors (Lipinski definition) is 3. The van der Waals surface area contributed by atoms with E-state index in [4.69, 9.17) is 14.4 Å². The van der Waals surface area contributed by atoms with Gasteiger partial charge in [-0.15, -0.1) is 0 Å². The topological polar surface area (TPSA) is 43.9 Å². The van der Waals surface area contributed by atoms with Crippen molar-refractivity contribution in [1.82, 2.24) is 14.5 Å². The highest BCUT2D eigenvalue weighted by Crippen LogP contribution is 2.53. The van der Waals surface area contributed by atoms with Crippen LogP contribution in [0.25, 0.3) is 104 Å². The van der Waals surface area contributed by atoms with E-state index in [9.17, 15) is 0 Å². The summed E-state index contributed by atoms with van der Waals surface area (Å²) in [4.78, 5) is 10.9. The molecule has 8 aromatic carbocycles. The minimum Gasteiger partial charge on any atom is -0.455 e. The van der Waals surface area contributed by atoms with Crippen LogP contribution in [0.2, 0.25) is 0 Å². The molecule has 1 aliphatic carbocycles. The molecule has 3 aromatic heterocycles. The lowest BCUT2D eigenvalue weighted by molar-refractivity contribution is 0.663. The van der Waals surface area contributed by atoms with Crippen LogP contribution in [0.5, 0.6) is 0 Å². The van der Waals surface area contributed by atoms with Crippen LogP contribution in [-0.2, 0) is 5.41 Å². The number of fused-ring (bicyclic) bond motifs is 7. The van der Waals surface area contributed by atoms with Gasteiger partial charge >= 0.3 is 0 Å². The Morgan fingerprint density at radius 2 is 1.08 bits per heavy atom. The molecule has 4 heteroatoms. The first-order valence-electron chi connectivity index (χ1n) is 17.6. The summed E-state index contributed by atoms with van der Waals surface area (Å²) in [6, 6.07) is 50.0. The Kier molecular flexibility index (Phi) is 5.02. The van der Waals surface area contributed by atoms with Crippen molar-refractivity contribution in [3.05, 3.63) is 151 Å². The smallest absolute Gasteiger partial charge is 0.165 e. The summed E-state index contributed by atoms with van der Waals surface area (Å²) < 4.78 is 8.99. The van der Waals surface area contributed by atoms with Gasteiger partial charge in [0.05, 0.1) is 22.1 Å². The summed E-state index contributed by atoms with van der Waals surface area (Å²) in [5.74, 6) is 0.789. The van der Waals surface area contributed by atoms with Crippen LogP contribution >= 0.6 is 0 Å². The largest absolute Gasteiger partial charge is 0.455 e. The number of hydrogen-bond donors (Lipinski definition) is 0. The van der Waals surface area contributed by atoms with Crippen molar-refractivity contribution in [3.63, 3.8) is 0 Å². The standard InChI is InChI=1S/C47H29N3O/c1-47(2)33-19-10-15-29-26-12-3-4-13-27(26)30-16-11-22-37-41(30)43-38(25-24-34(47)42(43)40(29)33)50(37)46-44(48-35-20-6-7-21-36(35)49-46)32-18-9-17-31-28-14-5-8-23-39(28)51-45(31)32/h3-25H,1-2H3. The second kappa shape index (κ2) is 9.38. The molecule has 0 bridgehead atoms. The van der Waals surface area contributed by atoms with Crippen molar-refractivity contribution in [2.45, 2.75) is 19.3 Å². The number of rotatable bonds is 2. The van der Waals surface area contributed by atoms with Gasteiger partial charge in [0.1, 0.15) is 16.9 Å². The van der Waals surface area contributed by atoms with E-state index >= 15 is 0 Å². The van der Waals surface area contributed by atoms with Crippen molar-refractivity contribution >= 4 is 87.1 Å². The average molecular weight is 652 g/mol. The zero-order valence-corrected chi connectivity index (χ0v) is 28.0. The fraction of sp³-hybridized carbons (Fsp3) is 0.0638. The Morgan fingerprint density at radius 3 is 1.90 bits per heavy atom. The highest BCUT2D eigenvalue weighted by Gasteiger charge is 2.36. The molecule has 0 saturated heterocycles. The second-order valence-corrected chi connectivity index (χ2v) is 14.5. The SMILES string of the molecule is CC1(C)c2cccc3c4ccccc4c4cccc5c4c4c(c1ccc4n5-c1nc4ccccc4nc1-c1cccc4c1oc1ccccc14)c23. The summed E-state index contributed by atoms with van der Waals surface area (Å²) in [5, 5.41) is 12.4. The predicted octanol–water partition coefficient (Wildman–Crippen LogP) is 12.4. The van der Waals surface area contributed by atoms with Crippen LogP contribution in [0.1, 0.15) is 25.0 Å². The molecule has 0 N–H and O–H groups in total. The Labute approximate surface area is 292 Å². The van der Waals surface area contributed by atoms with Gasteiger partial charge in [0, 0.05) is 32.5 Å². The Bertz CT molecular complexity index is 3340. The number of aromatic nitrogens is 3. The van der Waals surface area contributed by atoms with E-state index in [-0.39, 0.29) is 5.41 Å². The van der Waals surface area contributed by atoms with E-state index in [1.54, 1.807) is 0 Å². The molecular formula is C47H29N3O. The second-order valence-electron chi connectivity index (χ2n) is 14.5. The van der Waals surface area contributed by atoms with Gasteiger partial charge in [-0.3, -0.25) is 4.57 Å². The first-order chi connectivity index (χ1) is 25.1. The molecular weight excluding hydrogens is 623 g/mol. The number of nitrogens with zero attached hydrogens (tertiary/aromatic N) is 3. The number of benzene rings is 7. The fourth-order valence-electron chi connectivity index (χ4n) is 9.31. The molecule has 51 heavy (non-hydrogen) atoms. The molecule has 4 nitrogen and oxygen atoms in total. The van der Waals surface area contributed by atoms with Crippen LogP contribution in [0.3, 0.4) is 0 Å². The Balaban J connectivity index is 1.33. The molecule has 238 valence electrons. The number of furan rings is 1. The summed E-state index contributed by atoms with van der Waals surface area (Å²) >= 11 is 0. The molecule has 0 spiro atoms. The third-order valence-corrected chi connectivity index (χ3v) is 11.5. The molecule has 1 aliphatic rings. The maximum Gasteiger partial charge on any atom is 0.165 e. The van der Waals surface area contributed by atoms with E-state index in [1.807, 2.05) is 30.3 Å². The summed E-state index contributed by atoms with van der Waals surface area (Å²) in [5.41, 5.74) is 9.91. The van der Waals surface area contributed by atoms with E-state index in [0.717, 1.165) is 61.1 Å². The minimum atomic E-state index is -0.150. The fourth-order valence-corrected chi connectivity index (χ4v) is 9.31. The zero-order valence-electron chi connectivity index (χ0n) is 28.0. The third-order valence-electron chi connectivity index (χ3n) is 11.5. The molecule has 0 fully saturated rings. The van der Waals surface area contributed by atoms with Gasteiger partial charge in [0.25, 0.3) is 0 Å². The van der Waals surface area contributed by atoms with E-state index in [2.05, 4.69) is 128 Å². The zero-order chi connectivity index (χ0) is 33.6. The van der Waals surface area contributed by atoms with Crippen LogP contribution in [0, 0.1) is 0 Å². The van der Waals surface area contributed by atoms with Gasteiger partial charge in [-0.1, -0.05) is 117 Å². The molecule has 0 unspecified atom stereocenters. The van der Waals surface area contributed by atoms with Crippen LogP contribution < -0.4 is 0 Å². The minimum absolute atomic E-state index is 0.150. The summed E-state index contributed by atoms with van der Waals surface area (Å²) in [6.07, 6.45) is 0. The highest BCUT2D eigenvalue weighted by atomic mass is 16.3. The van der Waals surface area contributed by atoms with E-state index in [0.29, 0.717) is 0 Å². The Hall–Kier alpha value is -6.52. The van der Waals surface area contributed by atoms with Crippen LogP contribution in [0.4, 0.5) is 0 Å². The third kappa shape index (κ3) is 3.35. The first kappa shape index (κ1) is 27.3. The molecule has 0 atom stereocenters. The van der Waals surface area contributed by atoms with Crippen molar-refractivity contribution in [2.24, 2.45) is 0 Å². The van der Waals surface area contributed by atoms with Gasteiger partial charge in [-0.2, -0.15) is 0 Å². The van der Waals surface area contributed by atoms with Gasteiger partial charge in [0.15, 0.2) is 5.82 Å². The lowest BCUT2D eigenvalue weighted by Crippen LogP contribution is -2.15.